The fraction of sp³-hybridized carbons (Fsp3) is 1.00. The van der Waals surface area contributed by atoms with E-state index in [9.17, 15) is 0 Å². The summed E-state index contributed by atoms with van der Waals surface area (Å²) in [5.74, 6) is 0.433. The summed E-state index contributed by atoms with van der Waals surface area (Å²) in [6, 6.07) is 0. The number of ether oxygens (including phenoxy) is 17. The summed E-state index contributed by atoms with van der Waals surface area (Å²) in [4.78, 5) is 0. The fourth-order valence-corrected chi connectivity index (χ4v) is 5.49. The number of hydrogen-bond donors (Lipinski definition) is 0. The minimum Gasteiger partial charge on any atom is -0.381 e. The normalized spacial score (nSPS) is 27.3. The summed E-state index contributed by atoms with van der Waals surface area (Å²) in [6.45, 7) is 24.9. The lowest BCUT2D eigenvalue weighted by Gasteiger charge is -2.23. The molecule has 7 rings (SSSR count). The first-order chi connectivity index (χ1) is 29.9. The minimum absolute atomic E-state index is 0.0641. The van der Waals surface area contributed by atoms with Crippen LogP contribution in [0.15, 0.2) is 0 Å². The van der Waals surface area contributed by atoms with Crippen LogP contribution < -0.4 is 0 Å². The smallest absolute Gasteiger partial charge is 0.181 e. The molecule has 8 atom stereocenters. The van der Waals surface area contributed by atoms with Crippen molar-refractivity contribution in [3.05, 3.63) is 0 Å². The van der Waals surface area contributed by atoms with Crippen LogP contribution in [-0.2, 0) is 80.5 Å². The van der Waals surface area contributed by atoms with Crippen molar-refractivity contribution in [3.63, 3.8) is 0 Å². The quantitative estimate of drug-likeness (QED) is 0.0645. The molecule has 0 amide bonds. The summed E-state index contributed by atoms with van der Waals surface area (Å²) in [7, 11) is 0. The van der Waals surface area contributed by atoms with E-state index in [4.69, 9.17) is 80.5 Å². The summed E-state index contributed by atoms with van der Waals surface area (Å²) in [5.41, 5.74) is 0.0732. The lowest BCUT2D eigenvalue weighted by molar-refractivity contribution is -0.0674. The molecule has 358 valence electrons. The van der Waals surface area contributed by atoms with E-state index in [0.29, 0.717) is 95.4 Å². The van der Waals surface area contributed by atoms with Crippen LogP contribution in [0.5, 0.6) is 0 Å². The Balaban J connectivity index is 0.000000205. The molecule has 0 radical (unpaired) electrons. The van der Waals surface area contributed by atoms with E-state index in [1.807, 2.05) is 0 Å². The second-order valence-corrected chi connectivity index (χ2v) is 17.6. The molecule has 0 aromatic rings. The maximum absolute atomic E-state index is 5.99. The van der Waals surface area contributed by atoms with Gasteiger partial charge in [0, 0.05) is 70.8 Å². The Bertz CT molecular complexity index is 999. The Morgan fingerprint density at radius 2 is 0.820 bits per heavy atom. The highest BCUT2D eigenvalue weighted by molar-refractivity contribution is 4.73. The molecule has 0 spiro atoms. The summed E-state index contributed by atoms with van der Waals surface area (Å²) < 4.78 is 92.0. The molecule has 7 heterocycles. The molecule has 7 saturated heterocycles. The van der Waals surface area contributed by atoms with Crippen molar-refractivity contribution in [2.45, 2.75) is 108 Å². The summed E-state index contributed by atoms with van der Waals surface area (Å²) in [6.07, 6.45) is 7.92. The number of hydrogen-bond acceptors (Lipinski definition) is 17. The zero-order chi connectivity index (χ0) is 42.6. The zero-order valence-electron chi connectivity index (χ0n) is 37.6. The van der Waals surface area contributed by atoms with Gasteiger partial charge in [0.15, 0.2) is 6.29 Å². The topological polar surface area (TPSA) is 180 Å². The van der Waals surface area contributed by atoms with Gasteiger partial charge in [0.25, 0.3) is 0 Å². The van der Waals surface area contributed by atoms with Crippen LogP contribution >= 0.6 is 0 Å². The third-order valence-electron chi connectivity index (χ3n) is 9.88. The van der Waals surface area contributed by atoms with Crippen molar-refractivity contribution in [2.75, 3.05) is 165 Å². The molecule has 0 aliphatic carbocycles. The molecule has 7 fully saturated rings. The zero-order valence-corrected chi connectivity index (χ0v) is 37.6. The van der Waals surface area contributed by atoms with Gasteiger partial charge < -0.3 is 80.5 Å². The van der Waals surface area contributed by atoms with Gasteiger partial charge in [-0.1, -0.05) is 20.8 Å². The molecule has 0 aromatic carbocycles. The molecule has 0 aromatic heterocycles. The average molecular weight is 881 g/mol. The largest absolute Gasteiger partial charge is 0.381 e. The van der Waals surface area contributed by atoms with E-state index in [1.165, 1.54) is 0 Å². The van der Waals surface area contributed by atoms with E-state index in [1.54, 1.807) is 0 Å². The first-order valence-corrected chi connectivity index (χ1v) is 23.1. The van der Waals surface area contributed by atoms with Crippen molar-refractivity contribution < 1.29 is 80.5 Å². The molecular formula is C44H80O17. The van der Waals surface area contributed by atoms with E-state index in [0.717, 1.165) is 151 Å². The second-order valence-electron chi connectivity index (χ2n) is 17.6. The first-order valence-electron chi connectivity index (χ1n) is 23.1. The SMILES string of the molecule is C(COCCC1CO1)COCC(COCCCOCCC1CO1)OCCCOCCC1CO1.CC(C)(COCC1CO1)COCC1CO1.CC(COCC1CO1)COC1CO1. The van der Waals surface area contributed by atoms with Crippen LogP contribution in [0.1, 0.15) is 59.3 Å². The summed E-state index contributed by atoms with van der Waals surface area (Å²) in [5, 5.41) is 0. The van der Waals surface area contributed by atoms with Crippen LogP contribution in [0.4, 0.5) is 0 Å². The number of epoxide rings is 7. The van der Waals surface area contributed by atoms with Crippen molar-refractivity contribution in [1.82, 2.24) is 0 Å². The van der Waals surface area contributed by atoms with E-state index in [-0.39, 0.29) is 17.8 Å². The average Bonchev–Trinajstić information content (AvgIpc) is 4.04. The van der Waals surface area contributed by atoms with Crippen LogP contribution in [0.2, 0.25) is 0 Å². The predicted octanol–water partition coefficient (Wildman–Crippen LogP) is 3.25. The third kappa shape index (κ3) is 32.6. The number of rotatable bonds is 41. The molecule has 7 aliphatic rings. The van der Waals surface area contributed by atoms with E-state index < -0.39 is 0 Å². The van der Waals surface area contributed by atoms with Crippen molar-refractivity contribution in [3.8, 4) is 0 Å². The van der Waals surface area contributed by atoms with Crippen molar-refractivity contribution >= 4 is 0 Å². The standard InChI is InChI=1S/C24H44O9.C11H20O4.C9H16O4/c1(7-25-13-4-21-18-31-21)10-28-16-24(30-12-3-9-27-15-6-23-20-33-23)17-29-11-2-8-26-14-5-22-19-32-22;1-11(2,7-12-3-9-5-14-9)8-13-4-10-6-15-10;1-7(3-12-9-6-13-9)2-10-4-8-5-11-8/h21-24H,1-20H2;9-10H,3-8H2,1-2H3;7-9H,2-6H2,1H3. The van der Waals surface area contributed by atoms with Crippen LogP contribution in [0.25, 0.3) is 0 Å². The van der Waals surface area contributed by atoms with E-state index in [2.05, 4.69) is 20.8 Å². The van der Waals surface area contributed by atoms with Gasteiger partial charge in [-0.25, -0.2) is 0 Å². The van der Waals surface area contributed by atoms with Gasteiger partial charge in [-0.2, -0.15) is 0 Å². The Morgan fingerprint density at radius 1 is 0.426 bits per heavy atom. The predicted molar refractivity (Wildman–Crippen MR) is 221 cm³/mol. The van der Waals surface area contributed by atoms with Crippen molar-refractivity contribution in [2.24, 2.45) is 11.3 Å². The Kier molecular flexibility index (Phi) is 26.3. The third-order valence-corrected chi connectivity index (χ3v) is 9.88. The molecule has 0 bridgehead atoms. The van der Waals surface area contributed by atoms with Gasteiger partial charge in [0.1, 0.15) is 31.0 Å². The van der Waals surface area contributed by atoms with Crippen LogP contribution in [0.3, 0.4) is 0 Å². The van der Waals surface area contributed by atoms with Gasteiger partial charge in [-0.05, 0) is 38.5 Å². The Labute approximate surface area is 364 Å². The van der Waals surface area contributed by atoms with Crippen LogP contribution in [0, 0.1) is 11.3 Å². The molecule has 0 N–H and O–H groups in total. The van der Waals surface area contributed by atoms with E-state index >= 15 is 0 Å². The van der Waals surface area contributed by atoms with Gasteiger partial charge in [0.2, 0.25) is 0 Å². The molecule has 7 aliphatic heterocycles. The second kappa shape index (κ2) is 31.3. The first kappa shape index (κ1) is 51.3. The fourth-order valence-electron chi connectivity index (χ4n) is 5.49. The molecule has 17 nitrogen and oxygen atoms in total. The molecule has 61 heavy (non-hydrogen) atoms. The van der Waals surface area contributed by atoms with Crippen molar-refractivity contribution in [1.29, 1.82) is 0 Å². The van der Waals surface area contributed by atoms with Gasteiger partial charge >= 0.3 is 0 Å². The minimum atomic E-state index is -0.0780. The maximum Gasteiger partial charge on any atom is 0.181 e. The lowest BCUT2D eigenvalue weighted by atomic mass is 9.96. The summed E-state index contributed by atoms with van der Waals surface area (Å²) >= 11 is 0. The highest BCUT2D eigenvalue weighted by atomic mass is 16.8. The Hall–Kier alpha value is -0.680. The molecule has 8 unspecified atom stereocenters. The lowest BCUT2D eigenvalue weighted by Crippen LogP contribution is -2.27. The molecular weight excluding hydrogens is 800 g/mol. The monoisotopic (exact) mass is 881 g/mol. The van der Waals surface area contributed by atoms with Gasteiger partial charge in [-0.15, -0.1) is 0 Å². The maximum atomic E-state index is 5.99. The van der Waals surface area contributed by atoms with Gasteiger partial charge in [-0.3, -0.25) is 0 Å². The van der Waals surface area contributed by atoms with Gasteiger partial charge in [0.05, 0.1) is 117 Å². The highest BCUT2D eigenvalue weighted by Crippen LogP contribution is 2.20. The molecule has 17 heteroatoms. The Morgan fingerprint density at radius 3 is 1.23 bits per heavy atom. The van der Waals surface area contributed by atoms with Crippen LogP contribution in [-0.4, -0.2) is 214 Å². The highest BCUT2D eigenvalue weighted by Gasteiger charge is 2.28. The molecule has 0 saturated carbocycles.